The first-order valence-electron chi connectivity index (χ1n) is 4.97. The Kier molecular flexibility index (Phi) is 2.79. The van der Waals surface area contributed by atoms with Crippen molar-refractivity contribution in [2.75, 3.05) is 0 Å². The van der Waals surface area contributed by atoms with Gasteiger partial charge in [0.25, 0.3) is 0 Å². The maximum absolute atomic E-state index is 11.0. The van der Waals surface area contributed by atoms with E-state index in [4.69, 9.17) is 5.11 Å². The molecule has 0 radical (unpaired) electrons. The third kappa shape index (κ3) is 1.99. The van der Waals surface area contributed by atoms with Crippen LogP contribution < -0.4 is 0 Å². The summed E-state index contributed by atoms with van der Waals surface area (Å²) >= 11 is 1.67. The normalized spacial score (nSPS) is 10.4. The first-order valence-corrected chi connectivity index (χ1v) is 5.85. The van der Waals surface area contributed by atoms with Crippen LogP contribution in [0.5, 0.6) is 0 Å². The number of benzene rings is 1. The lowest BCUT2D eigenvalue weighted by atomic mass is 10.0. The molecule has 3 heteroatoms. The largest absolute Gasteiger partial charge is 0.478 e. The molecule has 0 bridgehead atoms. The molecular weight excluding hydrogens is 220 g/mol. The molecule has 0 saturated heterocycles. The standard InChI is InChI=1S/C13H12O2S/c1-8-5-10(7-11(6-8)13(14)15)12-3-4-16-9(12)2/h3-7H,1-2H3,(H,14,15). The van der Waals surface area contributed by atoms with Gasteiger partial charge in [0.05, 0.1) is 5.56 Å². The third-order valence-corrected chi connectivity index (χ3v) is 3.34. The fraction of sp³-hybridized carbons (Fsp3) is 0.154. The molecule has 82 valence electrons. The number of hydrogen-bond donors (Lipinski definition) is 1. The van der Waals surface area contributed by atoms with Gasteiger partial charge in [-0.25, -0.2) is 4.79 Å². The van der Waals surface area contributed by atoms with Crippen molar-refractivity contribution in [1.29, 1.82) is 0 Å². The number of aryl methyl sites for hydroxylation is 2. The summed E-state index contributed by atoms with van der Waals surface area (Å²) in [4.78, 5) is 12.2. The second kappa shape index (κ2) is 4.10. The molecule has 0 unspecified atom stereocenters. The summed E-state index contributed by atoms with van der Waals surface area (Å²) in [7, 11) is 0. The average Bonchev–Trinajstić information content (AvgIpc) is 2.63. The van der Waals surface area contributed by atoms with E-state index in [1.54, 1.807) is 23.5 Å². The van der Waals surface area contributed by atoms with Gasteiger partial charge < -0.3 is 5.11 Å². The van der Waals surface area contributed by atoms with Crippen LogP contribution in [0.3, 0.4) is 0 Å². The number of rotatable bonds is 2. The highest BCUT2D eigenvalue weighted by Crippen LogP contribution is 2.28. The van der Waals surface area contributed by atoms with Gasteiger partial charge in [-0.2, -0.15) is 0 Å². The molecule has 16 heavy (non-hydrogen) atoms. The molecule has 2 rings (SSSR count). The quantitative estimate of drug-likeness (QED) is 0.856. The Labute approximate surface area is 98.2 Å². The summed E-state index contributed by atoms with van der Waals surface area (Å²) in [6.07, 6.45) is 0. The molecule has 0 amide bonds. The van der Waals surface area contributed by atoms with Crippen LogP contribution in [0.1, 0.15) is 20.8 Å². The highest BCUT2D eigenvalue weighted by Gasteiger charge is 2.08. The Hall–Kier alpha value is -1.61. The Morgan fingerprint density at radius 2 is 2.00 bits per heavy atom. The Morgan fingerprint density at radius 3 is 2.56 bits per heavy atom. The minimum absolute atomic E-state index is 0.348. The minimum atomic E-state index is -0.877. The van der Waals surface area contributed by atoms with E-state index in [1.165, 1.54) is 4.88 Å². The number of carboxylic acid groups (broad SMARTS) is 1. The minimum Gasteiger partial charge on any atom is -0.478 e. The van der Waals surface area contributed by atoms with Gasteiger partial charge in [0.2, 0.25) is 0 Å². The second-order valence-corrected chi connectivity index (χ2v) is 4.90. The van der Waals surface area contributed by atoms with E-state index in [2.05, 4.69) is 0 Å². The molecule has 1 aromatic heterocycles. The molecule has 2 nitrogen and oxygen atoms in total. The van der Waals surface area contributed by atoms with E-state index in [0.29, 0.717) is 5.56 Å². The van der Waals surface area contributed by atoms with E-state index in [1.807, 2.05) is 31.4 Å². The lowest BCUT2D eigenvalue weighted by Gasteiger charge is -2.04. The Bertz CT molecular complexity index is 541. The van der Waals surface area contributed by atoms with Crippen molar-refractivity contribution in [3.63, 3.8) is 0 Å². The fourth-order valence-electron chi connectivity index (χ4n) is 1.75. The first-order chi connectivity index (χ1) is 7.58. The molecule has 1 N–H and O–H groups in total. The van der Waals surface area contributed by atoms with Gasteiger partial charge in [-0.3, -0.25) is 0 Å². The van der Waals surface area contributed by atoms with E-state index in [9.17, 15) is 4.79 Å². The highest BCUT2D eigenvalue weighted by atomic mass is 32.1. The van der Waals surface area contributed by atoms with Crippen LogP contribution in [-0.4, -0.2) is 11.1 Å². The summed E-state index contributed by atoms with van der Waals surface area (Å²) < 4.78 is 0. The van der Waals surface area contributed by atoms with Crippen molar-refractivity contribution >= 4 is 17.3 Å². The summed E-state index contributed by atoms with van der Waals surface area (Å²) in [5.74, 6) is -0.877. The number of aromatic carboxylic acids is 1. The molecule has 0 spiro atoms. The first kappa shape index (κ1) is 10.9. The van der Waals surface area contributed by atoms with Gasteiger partial charge in [0.15, 0.2) is 0 Å². The van der Waals surface area contributed by atoms with Crippen LogP contribution >= 0.6 is 11.3 Å². The number of carbonyl (C=O) groups is 1. The summed E-state index contributed by atoms with van der Waals surface area (Å²) in [6, 6.07) is 7.46. The maximum Gasteiger partial charge on any atom is 0.335 e. The lowest BCUT2D eigenvalue weighted by Crippen LogP contribution is -1.97. The summed E-state index contributed by atoms with van der Waals surface area (Å²) in [5.41, 5.74) is 3.42. The number of thiophene rings is 1. The highest BCUT2D eigenvalue weighted by molar-refractivity contribution is 7.10. The third-order valence-electron chi connectivity index (χ3n) is 2.49. The van der Waals surface area contributed by atoms with Crippen molar-refractivity contribution in [1.82, 2.24) is 0 Å². The van der Waals surface area contributed by atoms with Crippen molar-refractivity contribution in [3.05, 3.63) is 45.6 Å². The van der Waals surface area contributed by atoms with Crippen LogP contribution in [0.15, 0.2) is 29.6 Å². The predicted molar refractivity (Wildman–Crippen MR) is 66.2 cm³/mol. The SMILES string of the molecule is Cc1cc(C(=O)O)cc(-c2ccsc2C)c1. The maximum atomic E-state index is 11.0. The summed E-state index contributed by atoms with van der Waals surface area (Å²) in [6.45, 7) is 3.96. The zero-order valence-corrected chi connectivity index (χ0v) is 9.97. The number of hydrogen-bond acceptors (Lipinski definition) is 2. The zero-order chi connectivity index (χ0) is 11.7. The molecule has 0 aliphatic heterocycles. The topological polar surface area (TPSA) is 37.3 Å². The molecule has 0 fully saturated rings. The van der Waals surface area contributed by atoms with Crippen molar-refractivity contribution in [2.45, 2.75) is 13.8 Å². The van der Waals surface area contributed by atoms with Crippen molar-refractivity contribution < 1.29 is 9.90 Å². The van der Waals surface area contributed by atoms with Gasteiger partial charge in [0.1, 0.15) is 0 Å². The monoisotopic (exact) mass is 232 g/mol. The lowest BCUT2D eigenvalue weighted by molar-refractivity contribution is 0.0697. The predicted octanol–water partition coefficient (Wildman–Crippen LogP) is 3.73. The summed E-state index contributed by atoms with van der Waals surface area (Å²) in [5, 5.41) is 11.0. The van der Waals surface area contributed by atoms with Crippen molar-refractivity contribution in [2.24, 2.45) is 0 Å². The van der Waals surface area contributed by atoms with Crippen LogP contribution in [0.2, 0.25) is 0 Å². The van der Waals surface area contributed by atoms with E-state index < -0.39 is 5.97 Å². The molecule has 1 heterocycles. The zero-order valence-electron chi connectivity index (χ0n) is 9.15. The fourth-order valence-corrected chi connectivity index (χ4v) is 2.47. The van der Waals surface area contributed by atoms with Crippen LogP contribution in [-0.2, 0) is 0 Å². The second-order valence-electron chi connectivity index (χ2n) is 3.78. The molecule has 0 saturated carbocycles. The van der Waals surface area contributed by atoms with Crippen LogP contribution in [0.25, 0.3) is 11.1 Å². The Morgan fingerprint density at radius 1 is 1.25 bits per heavy atom. The van der Waals surface area contributed by atoms with Gasteiger partial charge in [-0.05, 0) is 54.1 Å². The average molecular weight is 232 g/mol. The van der Waals surface area contributed by atoms with Gasteiger partial charge in [0, 0.05) is 4.88 Å². The molecule has 0 aliphatic carbocycles. The van der Waals surface area contributed by atoms with Crippen molar-refractivity contribution in [3.8, 4) is 11.1 Å². The van der Waals surface area contributed by atoms with E-state index in [0.717, 1.165) is 16.7 Å². The molecule has 0 atom stereocenters. The van der Waals surface area contributed by atoms with Gasteiger partial charge in [-0.1, -0.05) is 6.07 Å². The smallest absolute Gasteiger partial charge is 0.335 e. The van der Waals surface area contributed by atoms with E-state index in [-0.39, 0.29) is 0 Å². The van der Waals surface area contributed by atoms with E-state index >= 15 is 0 Å². The van der Waals surface area contributed by atoms with Gasteiger partial charge in [-0.15, -0.1) is 11.3 Å². The molecular formula is C13H12O2S. The molecule has 2 aromatic rings. The Balaban J connectivity index is 2.58. The number of carboxylic acids is 1. The van der Waals surface area contributed by atoms with Gasteiger partial charge >= 0.3 is 5.97 Å². The molecule has 1 aromatic carbocycles. The van der Waals surface area contributed by atoms with Crippen LogP contribution in [0.4, 0.5) is 0 Å². The molecule has 0 aliphatic rings. The van der Waals surface area contributed by atoms with Crippen LogP contribution in [0, 0.1) is 13.8 Å².